The van der Waals surface area contributed by atoms with Crippen molar-refractivity contribution >= 4 is 5.69 Å². The fourth-order valence-corrected chi connectivity index (χ4v) is 2.03. The minimum Gasteiger partial charge on any atom is -0.385 e. The van der Waals surface area contributed by atoms with E-state index in [1.54, 1.807) is 7.11 Å². The van der Waals surface area contributed by atoms with Crippen LogP contribution in [0, 0.1) is 0 Å². The highest BCUT2D eigenvalue weighted by atomic mass is 16.5. The maximum atomic E-state index is 5.99. The highest BCUT2D eigenvalue weighted by Gasteiger charge is 2.02. The highest BCUT2D eigenvalue weighted by molar-refractivity contribution is 5.65. The lowest BCUT2D eigenvalue weighted by atomic mass is 10.1. The van der Waals surface area contributed by atoms with Crippen LogP contribution in [-0.2, 0) is 4.74 Å². The Bertz CT molecular complexity index is 496. The first-order valence-corrected chi connectivity index (χ1v) is 6.93. The van der Waals surface area contributed by atoms with Crippen LogP contribution in [0.15, 0.2) is 54.6 Å². The lowest BCUT2D eigenvalue weighted by Gasteiger charge is -2.13. The largest absolute Gasteiger partial charge is 0.385 e. The number of ether oxygens (including phenoxy) is 1. The fourth-order valence-electron chi connectivity index (χ4n) is 2.03. The fraction of sp³-hybridized carbons (Fsp3) is 0.294. The average Bonchev–Trinajstić information content (AvgIpc) is 2.52. The molecular weight excluding hydrogens is 248 g/mol. The first-order chi connectivity index (χ1) is 9.79. The van der Waals surface area contributed by atoms with Crippen LogP contribution < -0.4 is 11.1 Å². The third-order valence-electron chi connectivity index (χ3n) is 3.25. The van der Waals surface area contributed by atoms with Crippen LogP contribution >= 0.6 is 0 Å². The van der Waals surface area contributed by atoms with Crippen molar-refractivity contribution in [3.8, 4) is 11.1 Å². The van der Waals surface area contributed by atoms with Gasteiger partial charge in [-0.2, -0.15) is 0 Å². The Morgan fingerprint density at radius 1 is 1.00 bits per heavy atom. The van der Waals surface area contributed by atoms with Crippen molar-refractivity contribution in [2.24, 2.45) is 5.73 Å². The molecule has 1 atom stereocenters. The Morgan fingerprint density at radius 2 is 1.65 bits per heavy atom. The summed E-state index contributed by atoms with van der Waals surface area (Å²) in [7, 11) is 1.70. The van der Waals surface area contributed by atoms with Gasteiger partial charge in [0.15, 0.2) is 0 Å². The van der Waals surface area contributed by atoms with Gasteiger partial charge in [-0.15, -0.1) is 0 Å². The lowest BCUT2D eigenvalue weighted by Crippen LogP contribution is -2.30. The van der Waals surface area contributed by atoms with E-state index < -0.39 is 0 Å². The number of nitrogens with two attached hydrogens (primary N) is 1. The van der Waals surface area contributed by atoms with Crippen LogP contribution in [0.4, 0.5) is 5.69 Å². The molecule has 0 amide bonds. The molecule has 3 heteroatoms. The van der Waals surface area contributed by atoms with Gasteiger partial charge in [0, 0.05) is 32.0 Å². The molecular formula is C17H22N2O. The Balaban J connectivity index is 1.89. The quantitative estimate of drug-likeness (QED) is 0.812. The summed E-state index contributed by atoms with van der Waals surface area (Å²) in [6, 6.07) is 18.9. The molecule has 0 aliphatic rings. The number of rotatable bonds is 7. The van der Waals surface area contributed by atoms with E-state index in [0.717, 1.165) is 18.7 Å². The molecule has 3 nitrogen and oxygen atoms in total. The molecule has 20 heavy (non-hydrogen) atoms. The third kappa shape index (κ3) is 4.37. The molecule has 0 bridgehead atoms. The van der Waals surface area contributed by atoms with E-state index >= 15 is 0 Å². The molecule has 3 N–H and O–H groups in total. The van der Waals surface area contributed by atoms with E-state index in [1.807, 2.05) is 6.07 Å². The van der Waals surface area contributed by atoms with Gasteiger partial charge >= 0.3 is 0 Å². The molecule has 2 aromatic carbocycles. The summed E-state index contributed by atoms with van der Waals surface area (Å²) in [6.45, 7) is 1.46. The van der Waals surface area contributed by atoms with Crippen molar-refractivity contribution in [2.45, 2.75) is 12.5 Å². The van der Waals surface area contributed by atoms with Crippen LogP contribution in [0.2, 0.25) is 0 Å². The molecule has 0 heterocycles. The molecule has 2 rings (SSSR count). The van der Waals surface area contributed by atoms with Crippen molar-refractivity contribution in [2.75, 3.05) is 25.6 Å². The molecule has 0 saturated carbocycles. The van der Waals surface area contributed by atoms with Crippen LogP contribution in [0.5, 0.6) is 0 Å². The zero-order valence-electron chi connectivity index (χ0n) is 11.9. The Labute approximate surface area is 120 Å². The summed E-state index contributed by atoms with van der Waals surface area (Å²) in [5.74, 6) is 0. The molecule has 2 aromatic rings. The minimum absolute atomic E-state index is 0.115. The molecule has 0 saturated heterocycles. The molecule has 1 unspecified atom stereocenters. The van der Waals surface area contributed by atoms with Crippen molar-refractivity contribution in [3.63, 3.8) is 0 Å². The molecule has 0 aliphatic heterocycles. The second kappa shape index (κ2) is 7.68. The predicted molar refractivity (Wildman–Crippen MR) is 84.8 cm³/mol. The Kier molecular flexibility index (Phi) is 5.59. The van der Waals surface area contributed by atoms with Gasteiger partial charge in [-0.25, -0.2) is 0 Å². The Morgan fingerprint density at radius 3 is 2.30 bits per heavy atom. The smallest absolute Gasteiger partial charge is 0.0477 e. The summed E-state index contributed by atoms with van der Waals surface area (Å²) in [6.07, 6.45) is 0.867. The minimum atomic E-state index is 0.115. The predicted octanol–water partition coefficient (Wildman–Crippen LogP) is 3.13. The number of hydrogen-bond donors (Lipinski definition) is 2. The summed E-state index contributed by atoms with van der Waals surface area (Å²) >= 11 is 0. The van der Waals surface area contributed by atoms with Gasteiger partial charge in [-0.3, -0.25) is 0 Å². The van der Waals surface area contributed by atoms with Crippen molar-refractivity contribution in [1.82, 2.24) is 0 Å². The van der Waals surface area contributed by atoms with Gasteiger partial charge in [0.1, 0.15) is 0 Å². The van der Waals surface area contributed by atoms with E-state index in [0.29, 0.717) is 6.61 Å². The van der Waals surface area contributed by atoms with Crippen molar-refractivity contribution in [3.05, 3.63) is 54.6 Å². The lowest BCUT2D eigenvalue weighted by molar-refractivity contribution is 0.189. The third-order valence-corrected chi connectivity index (χ3v) is 3.25. The monoisotopic (exact) mass is 270 g/mol. The first-order valence-electron chi connectivity index (χ1n) is 6.93. The molecule has 0 aliphatic carbocycles. The summed E-state index contributed by atoms with van der Waals surface area (Å²) in [5.41, 5.74) is 9.54. The molecule has 106 valence electrons. The number of anilines is 1. The van der Waals surface area contributed by atoms with Crippen LogP contribution in [0.25, 0.3) is 11.1 Å². The van der Waals surface area contributed by atoms with E-state index in [4.69, 9.17) is 10.5 Å². The van der Waals surface area contributed by atoms with E-state index in [-0.39, 0.29) is 6.04 Å². The number of hydrogen-bond acceptors (Lipinski definition) is 3. The standard InChI is InChI=1S/C17H22N2O/c1-20-12-11-16(18)13-19-17-9-7-15(8-10-17)14-5-3-2-4-6-14/h2-10,16,19H,11-13,18H2,1H3. The van der Waals surface area contributed by atoms with Crippen molar-refractivity contribution < 1.29 is 4.74 Å². The van der Waals surface area contributed by atoms with Gasteiger partial charge in [0.25, 0.3) is 0 Å². The highest BCUT2D eigenvalue weighted by Crippen LogP contribution is 2.20. The van der Waals surface area contributed by atoms with E-state index in [9.17, 15) is 0 Å². The van der Waals surface area contributed by atoms with Gasteiger partial charge in [-0.1, -0.05) is 42.5 Å². The summed E-state index contributed by atoms with van der Waals surface area (Å²) in [4.78, 5) is 0. The van der Waals surface area contributed by atoms with Gasteiger partial charge in [0.05, 0.1) is 0 Å². The second-order valence-corrected chi connectivity index (χ2v) is 4.87. The molecule has 0 spiro atoms. The molecule has 0 fully saturated rings. The van der Waals surface area contributed by atoms with E-state index in [2.05, 4.69) is 53.8 Å². The zero-order chi connectivity index (χ0) is 14.2. The summed E-state index contributed by atoms with van der Waals surface area (Å²) < 4.78 is 5.02. The van der Waals surface area contributed by atoms with Crippen LogP contribution in [0.1, 0.15) is 6.42 Å². The van der Waals surface area contributed by atoms with Crippen LogP contribution in [-0.4, -0.2) is 26.3 Å². The maximum Gasteiger partial charge on any atom is 0.0477 e. The average molecular weight is 270 g/mol. The van der Waals surface area contributed by atoms with Crippen molar-refractivity contribution in [1.29, 1.82) is 0 Å². The SMILES string of the molecule is COCCC(N)CNc1ccc(-c2ccccc2)cc1. The zero-order valence-corrected chi connectivity index (χ0v) is 11.9. The second-order valence-electron chi connectivity index (χ2n) is 4.87. The number of methoxy groups -OCH3 is 1. The molecule has 0 radical (unpaired) electrons. The van der Waals surface area contributed by atoms with Gasteiger partial charge in [-0.05, 0) is 29.7 Å². The Hall–Kier alpha value is -1.84. The van der Waals surface area contributed by atoms with Gasteiger partial charge in [0.2, 0.25) is 0 Å². The van der Waals surface area contributed by atoms with Gasteiger partial charge < -0.3 is 15.8 Å². The topological polar surface area (TPSA) is 47.3 Å². The maximum absolute atomic E-state index is 5.99. The summed E-state index contributed by atoms with van der Waals surface area (Å²) in [5, 5.41) is 3.35. The first kappa shape index (κ1) is 14.6. The normalized spacial score (nSPS) is 12.1. The van der Waals surface area contributed by atoms with Crippen LogP contribution in [0.3, 0.4) is 0 Å². The van der Waals surface area contributed by atoms with E-state index in [1.165, 1.54) is 11.1 Å². The number of nitrogens with one attached hydrogen (secondary N) is 1. The molecule has 0 aromatic heterocycles. The number of benzene rings is 2.